The first-order chi connectivity index (χ1) is 12.3. The van der Waals surface area contributed by atoms with Gasteiger partial charge < -0.3 is 20.3 Å². The van der Waals surface area contributed by atoms with Gasteiger partial charge in [-0.25, -0.2) is 4.99 Å². The number of aryl methyl sites for hydroxylation is 1. The van der Waals surface area contributed by atoms with Crippen LogP contribution in [0.25, 0.3) is 0 Å². The Morgan fingerprint density at radius 1 is 1.23 bits per heavy atom. The lowest BCUT2D eigenvalue weighted by Crippen LogP contribution is -2.39. The second kappa shape index (κ2) is 8.80. The van der Waals surface area contributed by atoms with Gasteiger partial charge in [0.2, 0.25) is 0 Å². The van der Waals surface area contributed by atoms with Gasteiger partial charge >= 0.3 is 0 Å². The molecule has 3 N–H and O–H groups in total. The van der Waals surface area contributed by atoms with E-state index >= 15 is 0 Å². The summed E-state index contributed by atoms with van der Waals surface area (Å²) in [5.41, 5.74) is 2.24. The highest BCUT2D eigenvalue weighted by Crippen LogP contribution is 2.23. The number of rotatable bonds is 6. The number of aliphatic hydroxyl groups is 1. The Kier molecular flexibility index (Phi) is 6.74. The van der Waals surface area contributed by atoms with Crippen molar-refractivity contribution in [3.05, 3.63) is 47.5 Å². The zero-order chi connectivity index (χ0) is 19.2. The Morgan fingerprint density at radius 2 is 1.92 bits per heavy atom. The summed E-state index contributed by atoms with van der Waals surface area (Å²) in [6.45, 7) is 10.1. The fraction of sp³-hybridized carbons (Fsp3) is 0.526. The van der Waals surface area contributed by atoms with Gasteiger partial charge in [0, 0.05) is 20.1 Å². The first kappa shape index (κ1) is 19.9. The molecule has 1 unspecified atom stereocenters. The predicted molar refractivity (Wildman–Crippen MR) is 104 cm³/mol. The van der Waals surface area contributed by atoms with Crippen molar-refractivity contribution in [2.75, 3.05) is 13.1 Å². The molecule has 7 heteroatoms. The molecule has 0 aliphatic rings. The van der Waals surface area contributed by atoms with Crippen molar-refractivity contribution in [2.24, 2.45) is 12.0 Å². The molecule has 1 atom stereocenters. The second-order valence-electron chi connectivity index (χ2n) is 7.32. The van der Waals surface area contributed by atoms with Crippen LogP contribution >= 0.6 is 0 Å². The third kappa shape index (κ3) is 5.56. The van der Waals surface area contributed by atoms with Gasteiger partial charge in [0.25, 0.3) is 0 Å². The first-order valence-corrected chi connectivity index (χ1v) is 8.94. The number of benzene rings is 1. The highest BCUT2D eigenvalue weighted by atomic mass is 16.3. The van der Waals surface area contributed by atoms with E-state index in [1.54, 1.807) is 6.33 Å². The van der Waals surface area contributed by atoms with E-state index in [0.29, 0.717) is 19.0 Å². The van der Waals surface area contributed by atoms with Gasteiger partial charge in [-0.05, 0) is 23.5 Å². The van der Waals surface area contributed by atoms with Gasteiger partial charge in [0.1, 0.15) is 12.9 Å². The monoisotopic (exact) mass is 358 g/mol. The third-order valence-corrected chi connectivity index (χ3v) is 4.15. The average Bonchev–Trinajstić information content (AvgIpc) is 3.01. The quantitative estimate of drug-likeness (QED) is 0.542. The number of hydrogen-bond acceptors (Lipinski definition) is 4. The van der Waals surface area contributed by atoms with E-state index in [-0.39, 0.29) is 5.41 Å². The van der Waals surface area contributed by atoms with Crippen LogP contribution in [0.3, 0.4) is 0 Å². The van der Waals surface area contributed by atoms with Gasteiger partial charge in [-0.1, -0.05) is 45.0 Å². The molecule has 0 radical (unpaired) electrons. The summed E-state index contributed by atoms with van der Waals surface area (Å²) in [7, 11) is 1.89. The molecule has 2 aromatic rings. The summed E-state index contributed by atoms with van der Waals surface area (Å²) < 4.78 is 1.83. The summed E-state index contributed by atoms with van der Waals surface area (Å²) in [5.74, 6) is 1.42. The Bertz CT molecular complexity index is 714. The molecule has 0 saturated heterocycles. The van der Waals surface area contributed by atoms with Gasteiger partial charge in [-0.2, -0.15) is 0 Å². The largest absolute Gasteiger partial charge is 0.387 e. The van der Waals surface area contributed by atoms with E-state index < -0.39 is 6.10 Å². The van der Waals surface area contributed by atoms with Gasteiger partial charge in [-0.15, -0.1) is 10.2 Å². The van der Waals surface area contributed by atoms with E-state index in [2.05, 4.69) is 58.7 Å². The average molecular weight is 358 g/mol. The number of guanidine groups is 1. The molecule has 2 rings (SSSR count). The molecule has 0 spiro atoms. The fourth-order valence-corrected chi connectivity index (χ4v) is 2.46. The number of aromatic nitrogens is 3. The van der Waals surface area contributed by atoms with Gasteiger partial charge in [0.15, 0.2) is 11.8 Å². The highest BCUT2D eigenvalue weighted by Gasteiger charge is 2.15. The molecule has 0 amide bonds. The normalized spacial score (nSPS) is 13.5. The lowest BCUT2D eigenvalue weighted by Gasteiger charge is -2.20. The van der Waals surface area contributed by atoms with Crippen LogP contribution in [0.1, 0.15) is 50.8 Å². The maximum atomic E-state index is 10.5. The zero-order valence-corrected chi connectivity index (χ0v) is 16.3. The van der Waals surface area contributed by atoms with Crippen molar-refractivity contribution >= 4 is 5.96 Å². The van der Waals surface area contributed by atoms with Crippen LogP contribution in [-0.2, 0) is 19.0 Å². The van der Waals surface area contributed by atoms with Crippen molar-refractivity contribution in [1.82, 2.24) is 25.4 Å². The van der Waals surface area contributed by atoms with Gasteiger partial charge in [0.05, 0.1) is 6.10 Å². The van der Waals surface area contributed by atoms with Crippen molar-refractivity contribution < 1.29 is 5.11 Å². The predicted octanol–water partition coefficient (Wildman–Crippen LogP) is 1.90. The van der Waals surface area contributed by atoms with E-state index in [1.165, 1.54) is 5.56 Å². The lowest BCUT2D eigenvalue weighted by atomic mass is 9.86. The Balaban J connectivity index is 1.96. The summed E-state index contributed by atoms with van der Waals surface area (Å²) in [6.07, 6.45) is 1.04. The van der Waals surface area contributed by atoms with Crippen LogP contribution in [0.5, 0.6) is 0 Å². The molecule has 0 bridgehead atoms. The van der Waals surface area contributed by atoms with Crippen LogP contribution in [0.15, 0.2) is 35.6 Å². The lowest BCUT2D eigenvalue weighted by molar-refractivity contribution is 0.181. The Labute approximate surface area is 155 Å². The molecule has 26 heavy (non-hydrogen) atoms. The molecule has 0 aliphatic carbocycles. The molecule has 1 heterocycles. The number of aliphatic hydroxyl groups excluding tert-OH is 1. The standard InChI is InChI=1S/C19H30N6O/c1-6-20-18(22-12-17-24-23-13-25(17)5)21-11-16(26)14-7-9-15(10-8-14)19(2,3)4/h7-10,13,16,26H,6,11-12H2,1-5H3,(H2,20,21,22). The van der Waals surface area contributed by atoms with E-state index in [9.17, 15) is 5.11 Å². The molecule has 142 valence electrons. The second-order valence-corrected chi connectivity index (χ2v) is 7.32. The van der Waals surface area contributed by atoms with Crippen molar-refractivity contribution in [3.8, 4) is 0 Å². The summed E-state index contributed by atoms with van der Waals surface area (Å²) in [5, 5.41) is 24.7. The van der Waals surface area contributed by atoms with Crippen molar-refractivity contribution in [1.29, 1.82) is 0 Å². The molecular weight excluding hydrogens is 328 g/mol. The van der Waals surface area contributed by atoms with Crippen LogP contribution in [0, 0.1) is 0 Å². The number of hydrogen-bond donors (Lipinski definition) is 3. The topological polar surface area (TPSA) is 87.4 Å². The molecule has 1 aromatic heterocycles. The highest BCUT2D eigenvalue weighted by molar-refractivity contribution is 5.79. The smallest absolute Gasteiger partial charge is 0.191 e. The number of nitrogens with one attached hydrogen (secondary N) is 2. The maximum absolute atomic E-state index is 10.5. The summed E-state index contributed by atoms with van der Waals surface area (Å²) in [6, 6.07) is 8.12. The molecule has 0 saturated carbocycles. The molecule has 1 aromatic carbocycles. The van der Waals surface area contributed by atoms with E-state index in [1.807, 2.05) is 30.7 Å². The summed E-state index contributed by atoms with van der Waals surface area (Å²) >= 11 is 0. The zero-order valence-electron chi connectivity index (χ0n) is 16.3. The van der Waals surface area contributed by atoms with E-state index in [0.717, 1.165) is 17.9 Å². The van der Waals surface area contributed by atoms with Crippen molar-refractivity contribution in [2.45, 2.75) is 45.8 Å². The van der Waals surface area contributed by atoms with Crippen LogP contribution in [0.2, 0.25) is 0 Å². The summed E-state index contributed by atoms with van der Waals surface area (Å²) in [4.78, 5) is 4.49. The maximum Gasteiger partial charge on any atom is 0.191 e. The van der Waals surface area contributed by atoms with E-state index in [4.69, 9.17) is 0 Å². The number of aliphatic imine (C=N–C) groups is 1. The molecule has 7 nitrogen and oxygen atoms in total. The van der Waals surface area contributed by atoms with Crippen LogP contribution in [0.4, 0.5) is 0 Å². The Hall–Kier alpha value is -2.41. The fourth-order valence-electron chi connectivity index (χ4n) is 2.46. The molecular formula is C19H30N6O. The Morgan fingerprint density at radius 3 is 2.46 bits per heavy atom. The molecule has 0 aliphatic heterocycles. The van der Waals surface area contributed by atoms with Crippen LogP contribution < -0.4 is 10.6 Å². The number of nitrogens with zero attached hydrogens (tertiary/aromatic N) is 4. The minimum Gasteiger partial charge on any atom is -0.387 e. The first-order valence-electron chi connectivity index (χ1n) is 8.94. The molecule has 0 fully saturated rings. The SMILES string of the molecule is CCNC(=NCc1nncn1C)NCC(O)c1ccc(C(C)(C)C)cc1. The van der Waals surface area contributed by atoms with Crippen LogP contribution in [-0.4, -0.2) is 38.9 Å². The minimum atomic E-state index is -0.609. The van der Waals surface area contributed by atoms with Gasteiger partial charge in [-0.3, -0.25) is 0 Å². The minimum absolute atomic E-state index is 0.104. The van der Waals surface area contributed by atoms with Crippen molar-refractivity contribution in [3.63, 3.8) is 0 Å². The third-order valence-electron chi connectivity index (χ3n) is 4.15.